The maximum atomic E-state index is 14.2. The molecule has 0 unspecified atom stereocenters. The third kappa shape index (κ3) is 4.87. The van der Waals surface area contributed by atoms with Gasteiger partial charge in [-0.15, -0.1) is 0 Å². The number of halogens is 1. The Hall–Kier alpha value is -3.50. The number of carbonyl (C=O) groups is 1. The molecule has 1 aromatic heterocycles. The van der Waals surface area contributed by atoms with E-state index in [4.69, 9.17) is 0 Å². The van der Waals surface area contributed by atoms with Gasteiger partial charge < -0.3 is 5.32 Å². The van der Waals surface area contributed by atoms with E-state index in [0.29, 0.717) is 23.4 Å². The minimum atomic E-state index is -3.74. The number of amides is 1. The van der Waals surface area contributed by atoms with Gasteiger partial charge in [-0.05, 0) is 55.0 Å². The third-order valence-electron chi connectivity index (χ3n) is 5.31. The van der Waals surface area contributed by atoms with Crippen LogP contribution in [0.15, 0.2) is 71.5 Å². The van der Waals surface area contributed by atoms with Crippen LogP contribution in [0, 0.1) is 5.82 Å². The van der Waals surface area contributed by atoms with Crippen LogP contribution in [0.1, 0.15) is 22.8 Å². The molecule has 1 amide bonds. The molecular weight excluding hydrogens is 477 g/mol. The number of hydrogen-bond acceptors (Lipinski definition) is 5. The second-order valence-corrected chi connectivity index (χ2v) is 10.6. The number of carbonyl (C=O) groups excluding carboxylic acids is 1. The van der Waals surface area contributed by atoms with E-state index in [2.05, 4.69) is 5.32 Å². The van der Waals surface area contributed by atoms with Crippen molar-refractivity contribution in [2.75, 3.05) is 15.9 Å². The molecular formula is C24H22FN3O4S2. The molecule has 1 N–H and O–H groups in total. The van der Waals surface area contributed by atoms with E-state index in [1.807, 2.05) is 6.92 Å². The number of nitrogens with one attached hydrogen (secondary N) is 1. The average Bonchev–Trinajstić information content (AvgIpc) is 3.11. The number of para-hydroxylation sites is 1. The number of nitrogens with zero attached hydrogens (tertiary/aromatic N) is 2. The van der Waals surface area contributed by atoms with Crippen LogP contribution in [0.2, 0.25) is 0 Å². The van der Waals surface area contributed by atoms with Crippen LogP contribution in [0.4, 0.5) is 15.8 Å². The molecule has 4 aromatic rings. The first-order chi connectivity index (χ1) is 16.2. The standard InChI is InChI=1S/C24H22FN3O4S2/c1-3-27-21-13-12-18(14-22(21)33-24(27)30)26-23(29)17-10-8-16(9-11-17)15-28(34(2,31)32)20-7-5-4-6-19(20)25/h4-14H,3,15H2,1-2H3,(H,26,29). The van der Waals surface area contributed by atoms with Gasteiger partial charge in [-0.2, -0.15) is 0 Å². The lowest BCUT2D eigenvalue weighted by atomic mass is 10.1. The fourth-order valence-electron chi connectivity index (χ4n) is 3.61. The van der Waals surface area contributed by atoms with Crippen molar-refractivity contribution in [1.29, 1.82) is 0 Å². The molecule has 0 spiro atoms. The van der Waals surface area contributed by atoms with Gasteiger partial charge in [-0.1, -0.05) is 35.6 Å². The molecule has 0 bridgehead atoms. The number of aromatic nitrogens is 1. The van der Waals surface area contributed by atoms with E-state index in [1.165, 1.54) is 18.2 Å². The van der Waals surface area contributed by atoms with Crippen molar-refractivity contribution in [3.05, 3.63) is 93.3 Å². The topological polar surface area (TPSA) is 88.5 Å². The second-order valence-electron chi connectivity index (χ2n) is 7.67. The third-order valence-corrected chi connectivity index (χ3v) is 7.37. The largest absolute Gasteiger partial charge is 0.322 e. The van der Waals surface area contributed by atoms with Crippen molar-refractivity contribution in [2.24, 2.45) is 0 Å². The Morgan fingerprint density at radius 3 is 2.44 bits per heavy atom. The molecule has 0 aliphatic carbocycles. The van der Waals surface area contributed by atoms with Crippen LogP contribution in [-0.4, -0.2) is 25.1 Å². The van der Waals surface area contributed by atoms with E-state index in [-0.39, 0.29) is 23.0 Å². The molecule has 7 nitrogen and oxygen atoms in total. The Kier molecular flexibility index (Phi) is 6.54. The Morgan fingerprint density at radius 2 is 1.79 bits per heavy atom. The van der Waals surface area contributed by atoms with Crippen molar-refractivity contribution < 1.29 is 17.6 Å². The molecule has 34 heavy (non-hydrogen) atoms. The molecule has 10 heteroatoms. The Balaban J connectivity index is 1.52. The monoisotopic (exact) mass is 499 g/mol. The zero-order valence-corrected chi connectivity index (χ0v) is 20.1. The highest BCUT2D eigenvalue weighted by Crippen LogP contribution is 2.25. The molecule has 1 heterocycles. The molecule has 4 rings (SSSR count). The van der Waals surface area contributed by atoms with Crippen molar-refractivity contribution in [3.8, 4) is 0 Å². The predicted molar refractivity (Wildman–Crippen MR) is 134 cm³/mol. The molecule has 0 atom stereocenters. The smallest absolute Gasteiger partial charge is 0.308 e. The maximum Gasteiger partial charge on any atom is 0.308 e. The first-order valence-electron chi connectivity index (χ1n) is 10.4. The zero-order valence-electron chi connectivity index (χ0n) is 18.5. The van der Waals surface area contributed by atoms with Crippen molar-refractivity contribution in [1.82, 2.24) is 4.57 Å². The van der Waals surface area contributed by atoms with Crippen LogP contribution in [0.3, 0.4) is 0 Å². The second kappa shape index (κ2) is 9.40. The number of anilines is 2. The summed E-state index contributed by atoms with van der Waals surface area (Å²) in [6.45, 7) is 2.40. The summed E-state index contributed by atoms with van der Waals surface area (Å²) in [5.41, 5.74) is 2.32. The lowest BCUT2D eigenvalue weighted by molar-refractivity contribution is 0.102. The fraction of sp³-hybridized carbons (Fsp3) is 0.167. The van der Waals surface area contributed by atoms with Gasteiger partial charge in [0.05, 0.1) is 28.7 Å². The van der Waals surface area contributed by atoms with Gasteiger partial charge in [-0.3, -0.25) is 18.5 Å². The molecule has 0 saturated heterocycles. The Bertz CT molecular complexity index is 1530. The van der Waals surface area contributed by atoms with Gasteiger partial charge in [0.1, 0.15) is 5.82 Å². The van der Waals surface area contributed by atoms with Gasteiger partial charge in [0, 0.05) is 17.8 Å². The van der Waals surface area contributed by atoms with Gasteiger partial charge in [0.2, 0.25) is 10.0 Å². The van der Waals surface area contributed by atoms with Gasteiger partial charge in [0.15, 0.2) is 0 Å². The van der Waals surface area contributed by atoms with Crippen LogP contribution in [-0.2, 0) is 23.1 Å². The number of sulfonamides is 1. The molecule has 0 aliphatic heterocycles. The number of thiazole rings is 1. The predicted octanol–water partition coefficient (Wildman–Crippen LogP) is 4.44. The molecule has 176 valence electrons. The number of aryl methyl sites for hydroxylation is 1. The van der Waals surface area contributed by atoms with Gasteiger partial charge >= 0.3 is 4.87 Å². The molecule has 0 aliphatic rings. The highest BCUT2D eigenvalue weighted by Gasteiger charge is 2.21. The van der Waals surface area contributed by atoms with Crippen LogP contribution in [0.5, 0.6) is 0 Å². The summed E-state index contributed by atoms with van der Waals surface area (Å²) >= 11 is 1.12. The van der Waals surface area contributed by atoms with Crippen LogP contribution < -0.4 is 14.5 Å². The Morgan fingerprint density at radius 1 is 1.09 bits per heavy atom. The molecule has 0 fully saturated rings. The number of hydrogen-bond donors (Lipinski definition) is 1. The molecule has 3 aromatic carbocycles. The minimum Gasteiger partial charge on any atom is -0.322 e. The van der Waals surface area contributed by atoms with Gasteiger partial charge in [-0.25, -0.2) is 12.8 Å². The van der Waals surface area contributed by atoms with Gasteiger partial charge in [0.25, 0.3) is 5.91 Å². The van der Waals surface area contributed by atoms with E-state index in [9.17, 15) is 22.4 Å². The molecule has 0 saturated carbocycles. The lowest BCUT2D eigenvalue weighted by Crippen LogP contribution is -2.30. The average molecular weight is 500 g/mol. The highest BCUT2D eigenvalue weighted by molar-refractivity contribution is 7.92. The first-order valence-corrected chi connectivity index (χ1v) is 13.1. The Labute approximate surface area is 200 Å². The zero-order chi connectivity index (χ0) is 24.5. The van der Waals surface area contributed by atoms with Crippen LogP contribution in [0.25, 0.3) is 10.2 Å². The SMILES string of the molecule is CCn1c(=O)sc2cc(NC(=O)c3ccc(CN(c4ccccc4F)S(C)(=O)=O)cc3)ccc21. The summed E-state index contributed by atoms with van der Waals surface area (Å²) in [6, 6.07) is 17.4. The quantitative estimate of drug-likeness (QED) is 0.407. The first kappa shape index (κ1) is 23.7. The summed E-state index contributed by atoms with van der Waals surface area (Å²) in [6.07, 6.45) is 1.02. The highest BCUT2D eigenvalue weighted by atomic mass is 32.2. The maximum absolute atomic E-state index is 14.2. The van der Waals surface area contributed by atoms with Crippen molar-refractivity contribution in [2.45, 2.75) is 20.0 Å². The summed E-state index contributed by atoms with van der Waals surface area (Å²) in [5.74, 6) is -0.984. The van der Waals surface area contributed by atoms with E-state index in [1.54, 1.807) is 53.1 Å². The summed E-state index contributed by atoms with van der Waals surface area (Å²) < 4.78 is 42.2. The van der Waals surface area contributed by atoms with Crippen molar-refractivity contribution in [3.63, 3.8) is 0 Å². The number of rotatable bonds is 7. The number of benzene rings is 3. The van der Waals surface area contributed by atoms with E-state index < -0.39 is 15.8 Å². The molecule has 0 radical (unpaired) electrons. The lowest BCUT2D eigenvalue weighted by Gasteiger charge is -2.23. The summed E-state index contributed by atoms with van der Waals surface area (Å²) in [5, 5.41) is 2.82. The van der Waals surface area contributed by atoms with Crippen LogP contribution >= 0.6 is 11.3 Å². The minimum absolute atomic E-state index is 0.0404. The van der Waals surface area contributed by atoms with Crippen molar-refractivity contribution >= 4 is 48.9 Å². The summed E-state index contributed by atoms with van der Waals surface area (Å²) in [4.78, 5) is 24.7. The number of fused-ring (bicyclic) bond motifs is 1. The fourth-order valence-corrected chi connectivity index (χ4v) is 5.49. The van der Waals surface area contributed by atoms with E-state index >= 15 is 0 Å². The van der Waals surface area contributed by atoms with E-state index in [0.717, 1.165) is 32.1 Å². The summed E-state index contributed by atoms with van der Waals surface area (Å²) in [7, 11) is -3.74. The normalized spacial score (nSPS) is 11.5.